The van der Waals surface area contributed by atoms with Crippen molar-refractivity contribution in [3.8, 4) is 11.1 Å². The van der Waals surface area contributed by atoms with Crippen LogP contribution in [0.15, 0.2) is 48.5 Å². The summed E-state index contributed by atoms with van der Waals surface area (Å²) in [6.45, 7) is 5.13. The second kappa shape index (κ2) is 9.71. The monoisotopic (exact) mass is 410 g/mol. The lowest BCUT2D eigenvalue weighted by Crippen LogP contribution is -2.47. The number of ether oxygens (including phenoxy) is 1. The minimum atomic E-state index is -0.441. The number of carbonyl (C=O) groups excluding carboxylic acids is 1. The van der Waals surface area contributed by atoms with Gasteiger partial charge in [-0.05, 0) is 74.0 Å². The minimum Gasteiger partial charge on any atom is -0.381 e. The van der Waals surface area contributed by atoms with Crippen molar-refractivity contribution in [2.45, 2.75) is 32.1 Å². The van der Waals surface area contributed by atoms with E-state index in [1.165, 1.54) is 18.9 Å². The molecule has 0 unspecified atom stereocenters. The number of benzene rings is 2. The van der Waals surface area contributed by atoms with Crippen LogP contribution in [0, 0.1) is 11.2 Å². The summed E-state index contributed by atoms with van der Waals surface area (Å²) in [5.74, 6) is -0.0997. The predicted molar refractivity (Wildman–Crippen MR) is 117 cm³/mol. The number of carbonyl (C=O) groups is 1. The van der Waals surface area contributed by atoms with Crippen LogP contribution in [0.3, 0.4) is 0 Å². The van der Waals surface area contributed by atoms with E-state index in [1.54, 1.807) is 12.1 Å². The normalized spacial score (nSPS) is 19.0. The van der Waals surface area contributed by atoms with Crippen LogP contribution in [0.4, 0.5) is 4.39 Å². The van der Waals surface area contributed by atoms with Crippen LogP contribution in [0.1, 0.15) is 31.2 Å². The number of nitrogens with one attached hydrogen (secondary N) is 1. The van der Waals surface area contributed by atoms with Crippen LogP contribution >= 0.6 is 0 Å². The third kappa shape index (κ3) is 5.08. The fourth-order valence-electron chi connectivity index (χ4n) is 4.69. The Hall–Kier alpha value is -2.24. The Labute approximate surface area is 178 Å². The van der Waals surface area contributed by atoms with E-state index in [-0.39, 0.29) is 11.7 Å². The maximum Gasteiger partial charge on any atom is 0.226 e. The lowest BCUT2D eigenvalue weighted by Gasteiger charge is -2.36. The first-order valence-corrected chi connectivity index (χ1v) is 11.1. The molecule has 2 saturated heterocycles. The molecule has 2 aromatic carbocycles. The highest BCUT2D eigenvalue weighted by Crippen LogP contribution is 2.35. The number of likely N-dealkylation sites (tertiary alicyclic amines) is 1. The largest absolute Gasteiger partial charge is 0.381 e. The molecule has 1 amide bonds. The predicted octanol–water partition coefficient (Wildman–Crippen LogP) is 4.04. The highest BCUT2D eigenvalue weighted by atomic mass is 19.1. The van der Waals surface area contributed by atoms with Crippen LogP contribution < -0.4 is 5.32 Å². The molecular formula is C25H31FN2O2. The Bertz CT molecular complexity index is 858. The molecule has 0 saturated carbocycles. The fraction of sp³-hybridized carbons (Fsp3) is 0.480. The van der Waals surface area contributed by atoms with Crippen molar-refractivity contribution < 1.29 is 13.9 Å². The maximum atomic E-state index is 13.7. The van der Waals surface area contributed by atoms with Gasteiger partial charge in [0, 0.05) is 26.3 Å². The molecular weight excluding hydrogens is 379 g/mol. The Morgan fingerprint density at radius 1 is 1.03 bits per heavy atom. The van der Waals surface area contributed by atoms with Crippen molar-refractivity contribution in [2.75, 3.05) is 39.4 Å². The third-order valence-electron chi connectivity index (χ3n) is 6.47. The molecule has 30 heavy (non-hydrogen) atoms. The Morgan fingerprint density at radius 3 is 2.47 bits per heavy atom. The second-order valence-corrected chi connectivity index (χ2v) is 8.58. The van der Waals surface area contributed by atoms with Gasteiger partial charge in [0.15, 0.2) is 0 Å². The highest BCUT2D eigenvalue weighted by molar-refractivity contribution is 5.83. The molecule has 0 bridgehead atoms. The van der Waals surface area contributed by atoms with Gasteiger partial charge in [-0.25, -0.2) is 4.39 Å². The first-order valence-electron chi connectivity index (χ1n) is 11.1. The summed E-state index contributed by atoms with van der Waals surface area (Å²) in [5.41, 5.74) is 2.49. The Morgan fingerprint density at radius 2 is 1.73 bits per heavy atom. The molecule has 0 aliphatic carbocycles. The van der Waals surface area contributed by atoms with Gasteiger partial charge in [-0.2, -0.15) is 0 Å². The highest BCUT2D eigenvalue weighted by Gasteiger charge is 2.40. The zero-order chi connectivity index (χ0) is 20.8. The van der Waals surface area contributed by atoms with Gasteiger partial charge in [0.05, 0.1) is 5.41 Å². The van der Waals surface area contributed by atoms with Crippen molar-refractivity contribution in [3.63, 3.8) is 0 Å². The van der Waals surface area contributed by atoms with Gasteiger partial charge in [0.2, 0.25) is 5.91 Å². The molecule has 2 heterocycles. The van der Waals surface area contributed by atoms with Gasteiger partial charge in [-0.1, -0.05) is 36.4 Å². The molecule has 5 heteroatoms. The summed E-state index contributed by atoms with van der Waals surface area (Å²) < 4.78 is 19.2. The number of nitrogens with zero attached hydrogens (tertiary/aromatic N) is 1. The molecule has 4 rings (SSSR count). The van der Waals surface area contributed by atoms with Crippen LogP contribution in [0.5, 0.6) is 0 Å². The summed E-state index contributed by atoms with van der Waals surface area (Å²) >= 11 is 0. The fourth-order valence-corrected chi connectivity index (χ4v) is 4.69. The summed E-state index contributed by atoms with van der Waals surface area (Å²) in [5, 5.41) is 3.21. The Balaban J connectivity index is 1.47. The summed E-state index contributed by atoms with van der Waals surface area (Å²) in [6.07, 6.45) is 4.66. The average Bonchev–Trinajstić information content (AvgIpc) is 3.28. The SMILES string of the molecule is O=C(NCCN1CCCC1)C1(Cc2cccc(-c3cccc(F)c3)c2)CCOCC1. The van der Waals surface area contributed by atoms with E-state index in [0.29, 0.717) is 26.2 Å². The van der Waals surface area contributed by atoms with Gasteiger partial charge in [0.1, 0.15) is 5.82 Å². The molecule has 0 spiro atoms. The average molecular weight is 411 g/mol. The lowest BCUT2D eigenvalue weighted by atomic mass is 9.74. The number of halogens is 1. The number of hydrogen-bond donors (Lipinski definition) is 1. The van der Waals surface area contributed by atoms with E-state index in [4.69, 9.17) is 4.74 Å². The van der Waals surface area contributed by atoms with Crippen LogP contribution in [0.2, 0.25) is 0 Å². The maximum absolute atomic E-state index is 13.7. The molecule has 2 aliphatic heterocycles. The summed E-state index contributed by atoms with van der Waals surface area (Å²) in [6, 6.07) is 14.8. The van der Waals surface area contributed by atoms with E-state index in [0.717, 1.165) is 49.2 Å². The Kier molecular flexibility index (Phi) is 6.80. The molecule has 2 fully saturated rings. The van der Waals surface area contributed by atoms with Crippen molar-refractivity contribution in [2.24, 2.45) is 5.41 Å². The van der Waals surface area contributed by atoms with Crippen LogP contribution in [0.25, 0.3) is 11.1 Å². The number of rotatable bonds is 7. The number of hydrogen-bond acceptors (Lipinski definition) is 3. The van der Waals surface area contributed by atoms with Gasteiger partial charge < -0.3 is 15.0 Å². The minimum absolute atomic E-state index is 0.140. The quantitative estimate of drug-likeness (QED) is 0.749. The molecule has 1 N–H and O–H groups in total. The van der Waals surface area contributed by atoms with Gasteiger partial charge >= 0.3 is 0 Å². The molecule has 0 aromatic heterocycles. The van der Waals surface area contributed by atoms with E-state index >= 15 is 0 Å². The van der Waals surface area contributed by atoms with Crippen LogP contribution in [-0.2, 0) is 16.0 Å². The molecule has 160 valence electrons. The second-order valence-electron chi connectivity index (χ2n) is 8.58. The third-order valence-corrected chi connectivity index (χ3v) is 6.47. The number of amides is 1. The van der Waals surface area contributed by atoms with Crippen molar-refractivity contribution in [1.82, 2.24) is 10.2 Å². The summed E-state index contributed by atoms with van der Waals surface area (Å²) in [4.78, 5) is 15.7. The van der Waals surface area contributed by atoms with Crippen molar-refractivity contribution >= 4 is 5.91 Å². The van der Waals surface area contributed by atoms with Crippen molar-refractivity contribution in [3.05, 3.63) is 59.9 Å². The van der Waals surface area contributed by atoms with E-state index in [9.17, 15) is 9.18 Å². The first-order chi connectivity index (χ1) is 14.6. The summed E-state index contributed by atoms with van der Waals surface area (Å²) in [7, 11) is 0. The van der Waals surface area contributed by atoms with Gasteiger partial charge in [0.25, 0.3) is 0 Å². The lowest BCUT2D eigenvalue weighted by molar-refractivity contribution is -0.136. The molecule has 2 aromatic rings. The van der Waals surface area contributed by atoms with E-state index in [1.807, 2.05) is 18.2 Å². The molecule has 4 nitrogen and oxygen atoms in total. The molecule has 0 radical (unpaired) electrons. The van der Waals surface area contributed by atoms with Crippen LogP contribution in [-0.4, -0.2) is 50.2 Å². The van der Waals surface area contributed by atoms with Crippen molar-refractivity contribution in [1.29, 1.82) is 0 Å². The molecule has 0 atom stereocenters. The van der Waals surface area contributed by atoms with Gasteiger partial charge in [-0.15, -0.1) is 0 Å². The van der Waals surface area contributed by atoms with E-state index in [2.05, 4.69) is 22.3 Å². The van der Waals surface area contributed by atoms with E-state index < -0.39 is 5.41 Å². The molecule has 2 aliphatic rings. The first kappa shape index (κ1) is 21.0. The zero-order valence-corrected chi connectivity index (χ0v) is 17.5. The standard InChI is InChI=1S/C25H31FN2O2/c26-23-8-4-7-22(18-23)21-6-3-5-20(17-21)19-25(9-15-30-16-10-25)24(29)27-11-14-28-12-1-2-13-28/h3-8,17-18H,1-2,9-16,19H2,(H,27,29). The smallest absolute Gasteiger partial charge is 0.226 e. The van der Waals surface area contributed by atoms with Gasteiger partial charge in [-0.3, -0.25) is 4.79 Å². The topological polar surface area (TPSA) is 41.6 Å². The zero-order valence-electron chi connectivity index (χ0n) is 17.5.